The van der Waals surface area contributed by atoms with Crippen LogP contribution in [-0.4, -0.2) is 5.78 Å². The van der Waals surface area contributed by atoms with Crippen molar-refractivity contribution in [2.75, 3.05) is 0 Å². The number of allylic oxidation sites excluding steroid dienone is 3. The molecule has 0 spiro atoms. The molecule has 0 aliphatic heterocycles. The standard InChI is InChI=1S/C10H12Cl2O/c1-7-2-4-9(13)8(6-7)3-5-10(11)12/h3,5,7H,2,4,6H2,1H3. The summed E-state index contributed by atoms with van der Waals surface area (Å²) in [6, 6.07) is 0. The van der Waals surface area contributed by atoms with E-state index in [1.165, 1.54) is 0 Å². The van der Waals surface area contributed by atoms with E-state index in [9.17, 15) is 4.79 Å². The first-order chi connectivity index (χ1) is 6.09. The van der Waals surface area contributed by atoms with Crippen molar-refractivity contribution in [3.05, 3.63) is 22.2 Å². The summed E-state index contributed by atoms with van der Waals surface area (Å²) >= 11 is 10.9. The number of halogens is 2. The SMILES string of the molecule is CC1CCC(=O)C(=CC=C(Cl)Cl)C1. The Morgan fingerprint density at radius 1 is 1.54 bits per heavy atom. The lowest BCUT2D eigenvalue weighted by Crippen LogP contribution is -2.14. The average molecular weight is 219 g/mol. The first-order valence-electron chi connectivity index (χ1n) is 4.34. The molecule has 0 N–H and O–H groups in total. The van der Waals surface area contributed by atoms with Crippen molar-refractivity contribution in [1.82, 2.24) is 0 Å². The Morgan fingerprint density at radius 3 is 2.85 bits per heavy atom. The maximum Gasteiger partial charge on any atom is 0.158 e. The lowest BCUT2D eigenvalue weighted by molar-refractivity contribution is -0.116. The minimum atomic E-state index is 0.193. The molecular weight excluding hydrogens is 207 g/mol. The van der Waals surface area contributed by atoms with Crippen LogP contribution in [0.3, 0.4) is 0 Å². The molecule has 1 atom stereocenters. The number of Topliss-reactive ketones (excluding diaryl/α,β-unsaturated/α-hetero) is 1. The minimum absolute atomic E-state index is 0.193. The maximum absolute atomic E-state index is 11.4. The summed E-state index contributed by atoms with van der Waals surface area (Å²) in [5, 5.41) is 0. The average Bonchev–Trinajstić information content (AvgIpc) is 2.06. The van der Waals surface area contributed by atoms with Crippen LogP contribution in [0, 0.1) is 5.92 Å². The van der Waals surface area contributed by atoms with Gasteiger partial charge in [0.05, 0.1) is 0 Å². The Morgan fingerprint density at radius 2 is 2.23 bits per heavy atom. The van der Waals surface area contributed by atoms with Gasteiger partial charge in [0, 0.05) is 6.42 Å². The van der Waals surface area contributed by atoms with Gasteiger partial charge in [0.2, 0.25) is 0 Å². The van der Waals surface area contributed by atoms with Crippen molar-refractivity contribution in [3.63, 3.8) is 0 Å². The number of hydrogen-bond acceptors (Lipinski definition) is 1. The van der Waals surface area contributed by atoms with Gasteiger partial charge in [-0.1, -0.05) is 36.2 Å². The number of rotatable bonds is 1. The molecule has 1 aliphatic rings. The summed E-state index contributed by atoms with van der Waals surface area (Å²) in [5.74, 6) is 0.815. The predicted molar refractivity (Wildman–Crippen MR) is 55.9 cm³/mol. The lowest BCUT2D eigenvalue weighted by atomic mass is 9.86. The van der Waals surface area contributed by atoms with E-state index < -0.39 is 0 Å². The van der Waals surface area contributed by atoms with E-state index in [-0.39, 0.29) is 10.3 Å². The molecule has 1 rings (SSSR count). The Kier molecular flexibility index (Phi) is 4.01. The predicted octanol–water partition coefficient (Wildman–Crippen LogP) is 3.62. The zero-order chi connectivity index (χ0) is 9.84. The summed E-state index contributed by atoms with van der Waals surface area (Å²) in [6.45, 7) is 2.15. The molecule has 0 bridgehead atoms. The van der Waals surface area contributed by atoms with Gasteiger partial charge in [-0.15, -0.1) is 0 Å². The van der Waals surface area contributed by atoms with Gasteiger partial charge in [-0.05, 0) is 30.4 Å². The van der Waals surface area contributed by atoms with Crippen molar-refractivity contribution in [2.24, 2.45) is 5.92 Å². The van der Waals surface area contributed by atoms with Gasteiger partial charge in [0.25, 0.3) is 0 Å². The lowest BCUT2D eigenvalue weighted by Gasteiger charge is -2.18. The third-order valence-electron chi connectivity index (χ3n) is 2.20. The summed E-state index contributed by atoms with van der Waals surface area (Å²) in [6.07, 6.45) is 5.79. The van der Waals surface area contributed by atoms with Crippen molar-refractivity contribution >= 4 is 29.0 Å². The Labute approximate surface area is 88.4 Å². The van der Waals surface area contributed by atoms with Crippen molar-refractivity contribution < 1.29 is 4.79 Å². The first kappa shape index (κ1) is 10.8. The second-order valence-electron chi connectivity index (χ2n) is 3.42. The molecule has 1 aliphatic carbocycles. The van der Waals surface area contributed by atoms with Crippen molar-refractivity contribution in [1.29, 1.82) is 0 Å². The second-order valence-corrected chi connectivity index (χ2v) is 4.43. The van der Waals surface area contributed by atoms with E-state index in [0.29, 0.717) is 12.3 Å². The third-order valence-corrected chi connectivity index (χ3v) is 2.45. The molecule has 0 aromatic carbocycles. The highest BCUT2D eigenvalue weighted by molar-refractivity contribution is 6.56. The van der Waals surface area contributed by atoms with E-state index in [1.54, 1.807) is 12.2 Å². The van der Waals surface area contributed by atoms with E-state index in [1.807, 2.05) is 0 Å². The molecule has 1 saturated carbocycles. The van der Waals surface area contributed by atoms with Crippen LogP contribution in [0.1, 0.15) is 26.2 Å². The number of hydrogen-bond donors (Lipinski definition) is 0. The zero-order valence-corrected chi connectivity index (χ0v) is 9.03. The monoisotopic (exact) mass is 218 g/mol. The number of carbonyl (C=O) groups is 1. The highest BCUT2D eigenvalue weighted by Gasteiger charge is 2.19. The van der Waals surface area contributed by atoms with Crippen LogP contribution in [0.2, 0.25) is 0 Å². The van der Waals surface area contributed by atoms with Crippen LogP contribution >= 0.6 is 23.2 Å². The van der Waals surface area contributed by atoms with E-state index in [4.69, 9.17) is 23.2 Å². The molecule has 0 aromatic rings. The van der Waals surface area contributed by atoms with Crippen LogP contribution in [-0.2, 0) is 4.79 Å². The zero-order valence-electron chi connectivity index (χ0n) is 7.52. The number of carbonyl (C=O) groups excluding carboxylic acids is 1. The van der Waals surface area contributed by atoms with Crippen LogP contribution in [0.4, 0.5) is 0 Å². The fourth-order valence-electron chi connectivity index (χ4n) is 1.45. The number of ketones is 1. The highest BCUT2D eigenvalue weighted by Crippen LogP contribution is 2.25. The molecule has 0 saturated heterocycles. The van der Waals surface area contributed by atoms with Crippen LogP contribution in [0.15, 0.2) is 22.2 Å². The van der Waals surface area contributed by atoms with Gasteiger partial charge in [0.15, 0.2) is 5.78 Å². The van der Waals surface area contributed by atoms with Gasteiger partial charge in [0.1, 0.15) is 4.49 Å². The summed E-state index contributed by atoms with van der Waals surface area (Å²) in [4.78, 5) is 11.4. The van der Waals surface area contributed by atoms with Gasteiger partial charge in [-0.3, -0.25) is 4.79 Å². The molecule has 1 fully saturated rings. The minimum Gasteiger partial charge on any atom is -0.295 e. The fraction of sp³-hybridized carbons (Fsp3) is 0.500. The van der Waals surface area contributed by atoms with Crippen molar-refractivity contribution in [3.8, 4) is 0 Å². The van der Waals surface area contributed by atoms with Crippen LogP contribution in [0.5, 0.6) is 0 Å². The summed E-state index contributed by atoms with van der Waals surface area (Å²) in [7, 11) is 0. The molecule has 0 amide bonds. The highest BCUT2D eigenvalue weighted by atomic mass is 35.5. The van der Waals surface area contributed by atoms with Crippen LogP contribution in [0.25, 0.3) is 0 Å². The Balaban J connectivity index is 2.71. The molecule has 1 nitrogen and oxygen atoms in total. The Hall–Kier alpha value is -0.270. The molecule has 3 heteroatoms. The van der Waals surface area contributed by atoms with Gasteiger partial charge < -0.3 is 0 Å². The third kappa shape index (κ3) is 3.53. The van der Waals surface area contributed by atoms with E-state index in [2.05, 4.69) is 6.92 Å². The molecule has 0 radical (unpaired) electrons. The normalized spacial score (nSPS) is 26.2. The maximum atomic E-state index is 11.4. The van der Waals surface area contributed by atoms with Gasteiger partial charge in [-0.25, -0.2) is 0 Å². The fourth-order valence-corrected chi connectivity index (χ4v) is 1.58. The van der Waals surface area contributed by atoms with Gasteiger partial charge >= 0.3 is 0 Å². The smallest absolute Gasteiger partial charge is 0.158 e. The second kappa shape index (κ2) is 4.83. The summed E-state index contributed by atoms with van der Waals surface area (Å²) < 4.78 is 0.193. The van der Waals surface area contributed by atoms with Crippen molar-refractivity contribution in [2.45, 2.75) is 26.2 Å². The Bertz CT molecular complexity index is 262. The first-order valence-corrected chi connectivity index (χ1v) is 5.10. The molecule has 0 heterocycles. The largest absolute Gasteiger partial charge is 0.295 e. The quantitative estimate of drug-likeness (QED) is 0.615. The summed E-state index contributed by atoms with van der Waals surface area (Å²) in [5.41, 5.74) is 0.845. The van der Waals surface area contributed by atoms with E-state index >= 15 is 0 Å². The topological polar surface area (TPSA) is 17.1 Å². The van der Waals surface area contributed by atoms with E-state index in [0.717, 1.165) is 18.4 Å². The molecular formula is C10H12Cl2O. The molecule has 0 aromatic heterocycles. The van der Waals surface area contributed by atoms with Gasteiger partial charge in [-0.2, -0.15) is 0 Å². The van der Waals surface area contributed by atoms with Crippen LogP contribution < -0.4 is 0 Å². The molecule has 13 heavy (non-hydrogen) atoms. The molecule has 72 valence electrons. The molecule has 1 unspecified atom stereocenters.